The second-order valence-corrected chi connectivity index (χ2v) is 5.80. The SMILES string of the molecule is Oc1ccc(C(N=C=S)c2ccc(Cc3ccccc3)cc2)cc1. The van der Waals surface area contributed by atoms with Crippen LogP contribution < -0.4 is 0 Å². The van der Waals surface area contributed by atoms with Crippen molar-refractivity contribution < 1.29 is 5.11 Å². The van der Waals surface area contributed by atoms with E-state index in [1.165, 1.54) is 11.1 Å². The first-order valence-electron chi connectivity index (χ1n) is 7.75. The maximum Gasteiger partial charge on any atom is 0.115 e. The number of aromatic hydroxyl groups is 1. The molecule has 0 aliphatic heterocycles. The Kier molecular flexibility index (Phi) is 5.17. The van der Waals surface area contributed by atoms with Gasteiger partial charge in [-0.05, 0) is 53.0 Å². The quantitative estimate of drug-likeness (QED) is 0.516. The molecule has 0 aliphatic carbocycles. The highest BCUT2D eigenvalue weighted by Crippen LogP contribution is 2.27. The molecule has 0 aliphatic rings. The largest absolute Gasteiger partial charge is 0.508 e. The van der Waals surface area contributed by atoms with Crippen LogP contribution >= 0.6 is 12.2 Å². The number of rotatable bonds is 5. The molecule has 0 fully saturated rings. The van der Waals surface area contributed by atoms with Crippen LogP contribution in [0.5, 0.6) is 5.75 Å². The lowest BCUT2D eigenvalue weighted by Gasteiger charge is -2.13. The van der Waals surface area contributed by atoms with Gasteiger partial charge >= 0.3 is 0 Å². The predicted octanol–water partition coefficient (Wildman–Crippen LogP) is 5.18. The second kappa shape index (κ2) is 7.69. The molecule has 0 saturated heterocycles. The maximum atomic E-state index is 9.45. The number of thiocarbonyl (C=S) groups is 1. The number of hydrogen-bond acceptors (Lipinski definition) is 3. The van der Waals surface area contributed by atoms with E-state index in [0.29, 0.717) is 0 Å². The zero-order valence-corrected chi connectivity index (χ0v) is 13.9. The molecule has 118 valence electrons. The molecule has 24 heavy (non-hydrogen) atoms. The van der Waals surface area contributed by atoms with Crippen molar-refractivity contribution in [2.75, 3.05) is 0 Å². The highest BCUT2D eigenvalue weighted by molar-refractivity contribution is 7.78. The zero-order valence-electron chi connectivity index (χ0n) is 13.1. The first kappa shape index (κ1) is 16.1. The maximum absolute atomic E-state index is 9.45. The van der Waals surface area contributed by atoms with Crippen molar-refractivity contribution in [1.82, 2.24) is 0 Å². The third-order valence-corrected chi connectivity index (χ3v) is 4.04. The van der Waals surface area contributed by atoms with Gasteiger partial charge < -0.3 is 5.11 Å². The van der Waals surface area contributed by atoms with Gasteiger partial charge in [-0.3, -0.25) is 0 Å². The van der Waals surface area contributed by atoms with Crippen LogP contribution in [-0.2, 0) is 6.42 Å². The van der Waals surface area contributed by atoms with Crippen LogP contribution in [0.3, 0.4) is 0 Å². The van der Waals surface area contributed by atoms with Crippen molar-refractivity contribution >= 4 is 17.4 Å². The predicted molar refractivity (Wildman–Crippen MR) is 101 cm³/mol. The molecule has 1 N–H and O–H groups in total. The molecule has 0 amide bonds. The Hall–Kier alpha value is -2.74. The monoisotopic (exact) mass is 331 g/mol. The Morgan fingerprint density at radius 2 is 1.33 bits per heavy atom. The molecule has 0 heterocycles. The van der Waals surface area contributed by atoms with E-state index in [9.17, 15) is 5.11 Å². The molecule has 3 aromatic carbocycles. The van der Waals surface area contributed by atoms with Crippen LogP contribution in [0.2, 0.25) is 0 Å². The average Bonchev–Trinajstić information content (AvgIpc) is 2.62. The summed E-state index contributed by atoms with van der Waals surface area (Å²) in [6, 6.07) is 25.6. The van der Waals surface area contributed by atoms with Crippen LogP contribution in [0.1, 0.15) is 28.3 Å². The van der Waals surface area contributed by atoms with Crippen LogP contribution in [-0.4, -0.2) is 10.3 Å². The summed E-state index contributed by atoms with van der Waals surface area (Å²) in [6.07, 6.45) is 0.904. The lowest BCUT2D eigenvalue weighted by atomic mass is 9.96. The van der Waals surface area contributed by atoms with Crippen molar-refractivity contribution in [3.63, 3.8) is 0 Å². The average molecular weight is 331 g/mol. The van der Waals surface area contributed by atoms with Gasteiger partial charge in [-0.1, -0.05) is 66.7 Å². The molecule has 2 nitrogen and oxygen atoms in total. The Balaban J connectivity index is 1.84. The van der Waals surface area contributed by atoms with E-state index >= 15 is 0 Å². The standard InChI is InChI=1S/C21H17NOS/c23-20-12-10-19(11-13-20)21(22-15-24)18-8-6-17(7-9-18)14-16-4-2-1-3-5-16/h1-13,21,23H,14H2. The molecule has 1 atom stereocenters. The summed E-state index contributed by atoms with van der Waals surface area (Å²) >= 11 is 4.80. The Morgan fingerprint density at radius 1 is 0.792 bits per heavy atom. The molecule has 0 bridgehead atoms. The number of phenols is 1. The van der Waals surface area contributed by atoms with Gasteiger partial charge in [0.2, 0.25) is 0 Å². The topological polar surface area (TPSA) is 32.6 Å². The minimum absolute atomic E-state index is 0.200. The van der Waals surface area contributed by atoms with Crippen LogP contribution in [0.25, 0.3) is 0 Å². The first-order valence-corrected chi connectivity index (χ1v) is 8.16. The summed E-state index contributed by atoms with van der Waals surface area (Å²) in [5.41, 5.74) is 4.56. The molecule has 1 unspecified atom stereocenters. The third kappa shape index (κ3) is 3.96. The van der Waals surface area contributed by atoms with Gasteiger partial charge in [-0.25, -0.2) is 4.99 Å². The van der Waals surface area contributed by atoms with E-state index in [-0.39, 0.29) is 11.8 Å². The summed E-state index contributed by atoms with van der Waals surface area (Å²) in [4.78, 5) is 4.29. The van der Waals surface area contributed by atoms with Gasteiger partial charge in [0.15, 0.2) is 0 Å². The van der Waals surface area contributed by atoms with Gasteiger partial charge in [0.1, 0.15) is 11.8 Å². The first-order chi connectivity index (χ1) is 11.8. The number of isothiocyanates is 1. The summed E-state index contributed by atoms with van der Waals surface area (Å²) in [7, 11) is 0. The summed E-state index contributed by atoms with van der Waals surface area (Å²) in [5.74, 6) is 0.238. The Morgan fingerprint density at radius 3 is 1.92 bits per heavy atom. The van der Waals surface area contributed by atoms with E-state index < -0.39 is 0 Å². The van der Waals surface area contributed by atoms with Crippen molar-refractivity contribution in [3.8, 4) is 5.75 Å². The van der Waals surface area contributed by atoms with Crippen molar-refractivity contribution in [2.24, 2.45) is 4.99 Å². The molecule has 0 spiro atoms. The van der Waals surface area contributed by atoms with Gasteiger partial charge in [0.05, 0.1) is 5.16 Å². The van der Waals surface area contributed by atoms with Crippen LogP contribution in [0.15, 0.2) is 83.9 Å². The van der Waals surface area contributed by atoms with E-state index in [0.717, 1.165) is 17.5 Å². The lowest BCUT2D eigenvalue weighted by Crippen LogP contribution is -1.98. The van der Waals surface area contributed by atoms with E-state index in [1.54, 1.807) is 12.1 Å². The Bertz CT molecular complexity index is 835. The van der Waals surface area contributed by atoms with E-state index in [1.807, 2.05) is 18.2 Å². The van der Waals surface area contributed by atoms with Crippen LogP contribution in [0.4, 0.5) is 0 Å². The van der Waals surface area contributed by atoms with Gasteiger partial charge in [-0.15, -0.1) is 0 Å². The molecule has 0 saturated carbocycles. The van der Waals surface area contributed by atoms with Crippen molar-refractivity contribution in [2.45, 2.75) is 12.5 Å². The zero-order chi connectivity index (χ0) is 16.8. The fraction of sp³-hybridized carbons (Fsp3) is 0.0952. The highest BCUT2D eigenvalue weighted by atomic mass is 32.1. The fourth-order valence-electron chi connectivity index (χ4n) is 2.70. The Labute approximate surface area is 147 Å². The number of benzene rings is 3. The molecule has 3 aromatic rings. The smallest absolute Gasteiger partial charge is 0.115 e. The van der Waals surface area contributed by atoms with Gasteiger partial charge in [0.25, 0.3) is 0 Å². The minimum Gasteiger partial charge on any atom is -0.508 e. The summed E-state index contributed by atoms with van der Waals surface area (Å²) in [5, 5.41) is 11.9. The number of nitrogens with zero attached hydrogens (tertiary/aromatic N) is 1. The number of aliphatic imine (C=N–C) groups is 1. The van der Waals surface area contributed by atoms with Crippen LogP contribution in [0, 0.1) is 0 Å². The molecule has 3 rings (SSSR count). The second-order valence-electron chi connectivity index (χ2n) is 5.62. The van der Waals surface area contributed by atoms with E-state index in [4.69, 9.17) is 12.2 Å². The van der Waals surface area contributed by atoms with Crippen molar-refractivity contribution in [3.05, 3.63) is 101 Å². The van der Waals surface area contributed by atoms with Crippen molar-refractivity contribution in [1.29, 1.82) is 0 Å². The summed E-state index contributed by atoms with van der Waals surface area (Å²) < 4.78 is 0. The van der Waals surface area contributed by atoms with Gasteiger partial charge in [0, 0.05) is 0 Å². The fourth-order valence-corrected chi connectivity index (χ4v) is 2.81. The summed E-state index contributed by atoms with van der Waals surface area (Å²) in [6.45, 7) is 0. The lowest BCUT2D eigenvalue weighted by molar-refractivity contribution is 0.475. The van der Waals surface area contributed by atoms with Gasteiger partial charge in [-0.2, -0.15) is 0 Å². The van der Waals surface area contributed by atoms with E-state index in [2.05, 4.69) is 58.7 Å². The minimum atomic E-state index is -0.200. The normalized spacial score (nSPS) is 11.5. The molecule has 3 heteroatoms. The molecular formula is C21H17NOS. The molecule has 0 radical (unpaired) electrons. The number of hydrogen-bond donors (Lipinski definition) is 1. The highest BCUT2D eigenvalue weighted by Gasteiger charge is 2.12. The third-order valence-electron chi connectivity index (χ3n) is 3.94. The molecule has 0 aromatic heterocycles. The number of phenolic OH excluding ortho intramolecular Hbond substituents is 1. The molecular weight excluding hydrogens is 314 g/mol.